The van der Waals surface area contributed by atoms with Crippen molar-refractivity contribution in [3.8, 4) is 0 Å². The number of hydrogen-bond acceptors (Lipinski definition) is 4. The van der Waals surface area contributed by atoms with Crippen molar-refractivity contribution in [2.24, 2.45) is 0 Å². The minimum absolute atomic E-state index is 1.05. The quantitative estimate of drug-likeness (QED) is 0.868. The second-order valence-electron chi connectivity index (χ2n) is 5.97. The van der Waals surface area contributed by atoms with Crippen molar-refractivity contribution in [3.05, 3.63) is 60.2 Å². The molecule has 1 aliphatic heterocycles. The van der Waals surface area contributed by atoms with Crippen LogP contribution in [0.5, 0.6) is 0 Å². The predicted molar refractivity (Wildman–Crippen MR) is 88.3 cm³/mol. The zero-order valence-corrected chi connectivity index (χ0v) is 13.1. The van der Waals surface area contributed by atoms with Crippen LogP contribution in [0.1, 0.15) is 24.0 Å². The highest BCUT2D eigenvalue weighted by Crippen LogP contribution is 2.11. The van der Waals surface area contributed by atoms with E-state index in [0.29, 0.717) is 0 Å². The van der Waals surface area contributed by atoms with Gasteiger partial charge in [-0.05, 0) is 74.4 Å². The van der Waals surface area contributed by atoms with Crippen molar-refractivity contribution in [2.45, 2.75) is 25.9 Å². The molecule has 0 amide bonds. The molecule has 1 saturated heterocycles. The monoisotopic (exact) mass is 296 g/mol. The highest BCUT2D eigenvalue weighted by atomic mass is 15.2. The van der Waals surface area contributed by atoms with Crippen molar-refractivity contribution in [1.29, 1.82) is 0 Å². The van der Waals surface area contributed by atoms with Gasteiger partial charge in [-0.1, -0.05) is 0 Å². The number of pyridine rings is 2. The van der Waals surface area contributed by atoms with Gasteiger partial charge in [0.2, 0.25) is 0 Å². The molecule has 1 aliphatic rings. The van der Waals surface area contributed by atoms with Gasteiger partial charge in [0, 0.05) is 37.9 Å². The summed E-state index contributed by atoms with van der Waals surface area (Å²) in [5.41, 5.74) is 2.73. The molecule has 4 heteroatoms. The van der Waals surface area contributed by atoms with Crippen LogP contribution in [0, 0.1) is 0 Å². The summed E-state index contributed by atoms with van der Waals surface area (Å²) in [6, 6.07) is 8.48. The van der Waals surface area contributed by atoms with Gasteiger partial charge in [-0.15, -0.1) is 0 Å². The molecule has 116 valence electrons. The molecule has 0 saturated carbocycles. The maximum absolute atomic E-state index is 4.09. The Labute approximate surface area is 132 Å². The van der Waals surface area contributed by atoms with Crippen LogP contribution in [-0.4, -0.2) is 45.9 Å². The molecular weight excluding hydrogens is 272 g/mol. The van der Waals surface area contributed by atoms with E-state index in [1.165, 1.54) is 50.1 Å². The summed E-state index contributed by atoms with van der Waals surface area (Å²) in [5, 5.41) is 0. The van der Waals surface area contributed by atoms with E-state index in [9.17, 15) is 0 Å². The largest absolute Gasteiger partial charge is 0.299 e. The molecular formula is C18H24N4. The van der Waals surface area contributed by atoms with Gasteiger partial charge in [0.25, 0.3) is 0 Å². The zero-order chi connectivity index (χ0) is 15.0. The topological polar surface area (TPSA) is 32.3 Å². The Morgan fingerprint density at radius 1 is 0.636 bits per heavy atom. The van der Waals surface area contributed by atoms with E-state index in [4.69, 9.17) is 0 Å². The highest BCUT2D eigenvalue weighted by molar-refractivity contribution is 5.10. The second-order valence-corrected chi connectivity index (χ2v) is 5.97. The molecule has 22 heavy (non-hydrogen) atoms. The molecule has 0 aliphatic carbocycles. The first-order chi connectivity index (χ1) is 10.9. The summed E-state index contributed by atoms with van der Waals surface area (Å²) in [7, 11) is 0. The van der Waals surface area contributed by atoms with Crippen LogP contribution < -0.4 is 0 Å². The maximum Gasteiger partial charge on any atom is 0.0271 e. The molecule has 0 atom stereocenters. The average molecular weight is 296 g/mol. The van der Waals surface area contributed by atoms with Crippen LogP contribution in [0.2, 0.25) is 0 Å². The van der Waals surface area contributed by atoms with E-state index >= 15 is 0 Å². The lowest BCUT2D eigenvalue weighted by atomic mass is 10.2. The predicted octanol–water partition coefficient (Wildman–Crippen LogP) is 2.57. The van der Waals surface area contributed by atoms with Crippen LogP contribution in [0.4, 0.5) is 0 Å². The molecule has 2 aromatic heterocycles. The molecule has 0 spiro atoms. The lowest BCUT2D eigenvalue weighted by Gasteiger charge is -2.30. The summed E-state index contributed by atoms with van der Waals surface area (Å²) in [5.74, 6) is 0. The summed E-state index contributed by atoms with van der Waals surface area (Å²) < 4.78 is 0. The minimum Gasteiger partial charge on any atom is -0.299 e. The van der Waals surface area contributed by atoms with E-state index in [1.807, 2.05) is 24.8 Å². The van der Waals surface area contributed by atoms with Crippen molar-refractivity contribution in [3.63, 3.8) is 0 Å². The Hall–Kier alpha value is -1.78. The third-order valence-electron chi connectivity index (χ3n) is 4.21. The molecule has 1 fully saturated rings. The maximum atomic E-state index is 4.09. The van der Waals surface area contributed by atoms with Crippen LogP contribution in [0.3, 0.4) is 0 Å². The fraction of sp³-hybridized carbons (Fsp3) is 0.444. The van der Waals surface area contributed by atoms with Crippen LogP contribution in [0.25, 0.3) is 0 Å². The van der Waals surface area contributed by atoms with Gasteiger partial charge >= 0.3 is 0 Å². The summed E-state index contributed by atoms with van der Waals surface area (Å²) in [6.07, 6.45) is 10.0. The van der Waals surface area contributed by atoms with Crippen LogP contribution >= 0.6 is 0 Å². The second kappa shape index (κ2) is 8.01. The fourth-order valence-electron chi connectivity index (χ4n) is 3.07. The van der Waals surface area contributed by atoms with Gasteiger partial charge in [0.1, 0.15) is 0 Å². The van der Waals surface area contributed by atoms with E-state index < -0.39 is 0 Å². The minimum atomic E-state index is 1.05. The van der Waals surface area contributed by atoms with E-state index in [0.717, 1.165) is 13.1 Å². The first-order valence-electron chi connectivity index (χ1n) is 8.13. The Kier molecular flexibility index (Phi) is 5.51. The molecule has 2 aromatic rings. The summed E-state index contributed by atoms with van der Waals surface area (Å²) >= 11 is 0. The van der Waals surface area contributed by atoms with Gasteiger partial charge < -0.3 is 0 Å². The fourth-order valence-corrected chi connectivity index (χ4v) is 3.07. The average Bonchev–Trinajstić information content (AvgIpc) is 2.54. The summed E-state index contributed by atoms with van der Waals surface area (Å²) in [4.78, 5) is 13.3. The number of nitrogens with zero attached hydrogens (tertiary/aromatic N) is 4. The third-order valence-corrected chi connectivity index (χ3v) is 4.21. The Morgan fingerprint density at radius 2 is 1.00 bits per heavy atom. The SMILES string of the molecule is c1cc(CN2CCCN(Cc3ccncc3)CCC2)ccn1. The third kappa shape index (κ3) is 4.61. The highest BCUT2D eigenvalue weighted by Gasteiger charge is 2.13. The molecule has 0 N–H and O–H groups in total. The van der Waals surface area contributed by atoms with E-state index in [2.05, 4.69) is 44.0 Å². The Bertz CT molecular complexity index is 484. The lowest BCUT2D eigenvalue weighted by Crippen LogP contribution is -2.36. The van der Waals surface area contributed by atoms with E-state index in [1.54, 1.807) is 0 Å². The lowest BCUT2D eigenvalue weighted by molar-refractivity contribution is 0.172. The van der Waals surface area contributed by atoms with Gasteiger partial charge in [0.15, 0.2) is 0 Å². The molecule has 3 rings (SSSR count). The van der Waals surface area contributed by atoms with E-state index in [-0.39, 0.29) is 0 Å². The van der Waals surface area contributed by atoms with Gasteiger partial charge in [-0.25, -0.2) is 0 Å². The van der Waals surface area contributed by atoms with Crippen molar-refractivity contribution in [2.75, 3.05) is 26.2 Å². The molecule has 0 unspecified atom stereocenters. The van der Waals surface area contributed by atoms with Gasteiger partial charge in [0.05, 0.1) is 0 Å². The Morgan fingerprint density at radius 3 is 1.36 bits per heavy atom. The van der Waals surface area contributed by atoms with Gasteiger partial charge in [-0.2, -0.15) is 0 Å². The normalized spacial score (nSPS) is 17.8. The van der Waals surface area contributed by atoms with Crippen molar-refractivity contribution in [1.82, 2.24) is 19.8 Å². The standard InChI is InChI=1S/C18H24N4/c1-11-21(15-17-3-7-19-8-4-17)13-2-14-22(12-1)16-18-5-9-20-10-6-18/h3-10H,1-2,11-16H2. The number of aromatic nitrogens is 2. The number of rotatable bonds is 4. The molecule has 0 aromatic carbocycles. The summed E-state index contributed by atoms with van der Waals surface area (Å²) in [6.45, 7) is 6.80. The van der Waals surface area contributed by atoms with Gasteiger partial charge in [-0.3, -0.25) is 19.8 Å². The molecule has 4 nitrogen and oxygen atoms in total. The smallest absolute Gasteiger partial charge is 0.0271 e. The van der Waals surface area contributed by atoms with Crippen molar-refractivity contribution >= 4 is 0 Å². The van der Waals surface area contributed by atoms with Crippen molar-refractivity contribution < 1.29 is 0 Å². The molecule has 0 radical (unpaired) electrons. The van der Waals surface area contributed by atoms with Crippen LogP contribution in [-0.2, 0) is 13.1 Å². The number of hydrogen-bond donors (Lipinski definition) is 0. The molecule has 0 bridgehead atoms. The molecule has 3 heterocycles. The Balaban J connectivity index is 1.48. The first-order valence-corrected chi connectivity index (χ1v) is 8.13. The van der Waals surface area contributed by atoms with Crippen LogP contribution in [0.15, 0.2) is 49.1 Å². The zero-order valence-electron chi connectivity index (χ0n) is 13.1. The first kappa shape index (κ1) is 15.1.